The second-order valence-corrected chi connectivity index (χ2v) is 20.5. The summed E-state index contributed by atoms with van der Waals surface area (Å²) < 4.78 is 0. The van der Waals surface area contributed by atoms with Crippen molar-refractivity contribution in [2.75, 3.05) is 0 Å². The smallest absolute Gasteiger partial charge is 0.0477 e. The van der Waals surface area contributed by atoms with Gasteiger partial charge in [-0.25, -0.2) is 0 Å². The van der Waals surface area contributed by atoms with Crippen LogP contribution in [0.25, 0.3) is 39.0 Å². The molecule has 5 aromatic heterocycles. The Hall–Kier alpha value is -1.50. The zero-order valence-electron chi connectivity index (χ0n) is 32.2. The van der Waals surface area contributed by atoms with Gasteiger partial charge in [-0.1, -0.05) is 129 Å². The maximum absolute atomic E-state index is 2.46. The van der Waals surface area contributed by atoms with E-state index in [1.165, 1.54) is 190 Å². The summed E-state index contributed by atoms with van der Waals surface area (Å²) in [6.07, 6.45) is 30.4. The maximum Gasteiger partial charge on any atom is 0.0477 e. The summed E-state index contributed by atoms with van der Waals surface area (Å²) in [5.41, 5.74) is 3.14. The Morgan fingerprint density at radius 2 is 0.608 bits per heavy atom. The summed E-state index contributed by atoms with van der Waals surface area (Å²) in [4.78, 5) is 14.4. The lowest BCUT2D eigenvalue weighted by Gasteiger charge is -2.04. The lowest BCUT2D eigenvalue weighted by molar-refractivity contribution is 0.556. The Morgan fingerprint density at radius 3 is 0.941 bits per heavy atom. The van der Waals surface area contributed by atoms with Gasteiger partial charge in [-0.3, -0.25) is 0 Å². The van der Waals surface area contributed by atoms with Gasteiger partial charge >= 0.3 is 0 Å². The fourth-order valence-corrected chi connectivity index (χ4v) is 12.9. The number of unbranched alkanes of at least 4 members (excludes halogenated alkanes) is 18. The van der Waals surface area contributed by atoms with Crippen molar-refractivity contribution in [2.24, 2.45) is 0 Å². The summed E-state index contributed by atoms with van der Waals surface area (Å²) >= 11 is 9.91. The molecule has 0 aliphatic heterocycles. The van der Waals surface area contributed by atoms with Crippen LogP contribution in [0.15, 0.2) is 48.5 Å². The number of hydrogen-bond acceptors (Lipinski definition) is 5. The fraction of sp³-hybridized carbons (Fsp3) is 0.565. The number of aryl methyl sites for hydroxylation is 4. The van der Waals surface area contributed by atoms with Gasteiger partial charge in [0.05, 0.1) is 0 Å². The molecule has 0 unspecified atom stereocenters. The molecule has 0 aliphatic rings. The molecule has 0 radical (unpaired) electrons. The number of thiophene rings is 5. The molecule has 5 heteroatoms. The molecule has 0 N–H and O–H groups in total. The highest BCUT2D eigenvalue weighted by molar-refractivity contribution is 7.29. The predicted molar refractivity (Wildman–Crippen MR) is 238 cm³/mol. The summed E-state index contributed by atoms with van der Waals surface area (Å²) in [5, 5.41) is 0. The quantitative estimate of drug-likeness (QED) is 0.0491. The topological polar surface area (TPSA) is 0 Å². The minimum absolute atomic E-state index is 1.22. The third-order valence-electron chi connectivity index (χ3n) is 10.2. The highest BCUT2D eigenvalue weighted by Crippen LogP contribution is 2.46. The summed E-state index contributed by atoms with van der Waals surface area (Å²) in [6.45, 7) is 9.17. The third-order valence-corrected chi connectivity index (χ3v) is 16.4. The lowest BCUT2D eigenvalue weighted by atomic mass is 10.0. The third kappa shape index (κ3) is 13.1. The Balaban J connectivity index is 1.11. The van der Waals surface area contributed by atoms with Gasteiger partial charge in [0, 0.05) is 48.8 Å². The van der Waals surface area contributed by atoms with E-state index < -0.39 is 0 Å². The van der Waals surface area contributed by atoms with Crippen molar-refractivity contribution in [3.8, 4) is 39.0 Å². The molecule has 5 rings (SSSR count). The molecular weight excluding hydrogens is 713 g/mol. The standard InChI is InChI=1S/C46H64S5/c1-5-7-9-11-13-15-17-19-21-23-25-37-33-35(3)47-45(37)43-31-29-41(50-43)39-27-28-40(49-39)42-30-32-44(51-42)46-38(34-36(4)48-46)26-24-22-20-18-16-14-12-10-8-6-2/h27-34H,5-26H2,1-4H3. The van der Waals surface area contributed by atoms with Crippen molar-refractivity contribution < 1.29 is 0 Å². The van der Waals surface area contributed by atoms with Crippen molar-refractivity contribution in [2.45, 2.75) is 169 Å². The van der Waals surface area contributed by atoms with Gasteiger partial charge in [-0.15, -0.1) is 56.7 Å². The van der Waals surface area contributed by atoms with Crippen LogP contribution < -0.4 is 0 Å². The molecule has 0 saturated carbocycles. The van der Waals surface area contributed by atoms with Crippen molar-refractivity contribution in [1.82, 2.24) is 0 Å². The Morgan fingerprint density at radius 1 is 0.333 bits per heavy atom. The first-order chi connectivity index (χ1) is 25.1. The SMILES string of the molecule is CCCCCCCCCCCCc1cc(C)sc1-c1ccc(-c2ccc(-c3ccc(-c4sc(C)cc4CCCCCCCCCCCC)s3)s2)s1. The van der Waals surface area contributed by atoms with Crippen LogP contribution in [-0.4, -0.2) is 0 Å². The fourth-order valence-electron chi connectivity index (χ4n) is 7.32. The van der Waals surface area contributed by atoms with Crippen molar-refractivity contribution in [3.05, 3.63) is 69.4 Å². The van der Waals surface area contributed by atoms with E-state index in [-0.39, 0.29) is 0 Å². The van der Waals surface area contributed by atoms with Crippen LogP contribution in [-0.2, 0) is 12.8 Å². The van der Waals surface area contributed by atoms with Gasteiger partial charge in [-0.05, 0) is 99.2 Å². The van der Waals surface area contributed by atoms with E-state index >= 15 is 0 Å². The first-order valence-electron chi connectivity index (χ1n) is 20.5. The molecule has 0 aliphatic carbocycles. The molecule has 0 atom stereocenters. The molecule has 278 valence electrons. The van der Waals surface area contributed by atoms with E-state index in [1.807, 2.05) is 56.7 Å². The molecule has 0 amide bonds. The molecular formula is C46H64S5. The molecule has 0 aromatic carbocycles. The zero-order chi connectivity index (χ0) is 35.7. The van der Waals surface area contributed by atoms with Crippen LogP contribution in [0.2, 0.25) is 0 Å². The van der Waals surface area contributed by atoms with E-state index in [2.05, 4.69) is 76.2 Å². The van der Waals surface area contributed by atoms with Crippen molar-refractivity contribution >= 4 is 56.7 Å². The van der Waals surface area contributed by atoms with Crippen LogP contribution >= 0.6 is 56.7 Å². The van der Waals surface area contributed by atoms with E-state index in [9.17, 15) is 0 Å². The van der Waals surface area contributed by atoms with Gasteiger partial charge in [0.2, 0.25) is 0 Å². The van der Waals surface area contributed by atoms with Crippen LogP contribution in [0.4, 0.5) is 0 Å². The Labute approximate surface area is 331 Å². The average molecular weight is 777 g/mol. The molecule has 0 saturated heterocycles. The Bertz CT molecular complexity index is 1550. The summed E-state index contributed by atoms with van der Waals surface area (Å²) in [6, 6.07) is 19.1. The zero-order valence-corrected chi connectivity index (χ0v) is 36.3. The predicted octanol–water partition coefficient (Wildman–Crippen LogP) is 18.2. The van der Waals surface area contributed by atoms with E-state index in [4.69, 9.17) is 0 Å². The summed E-state index contributed by atoms with van der Waals surface area (Å²) in [7, 11) is 0. The van der Waals surface area contributed by atoms with Gasteiger partial charge < -0.3 is 0 Å². The molecule has 0 fully saturated rings. The maximum atomic E-state index is 2.46. The molecule has 0 bridgehead atoms. The minimum atomic E-state index is 1.22. The Kier molecular flexibility index (Phi) is 18.1. The largest absolute Gasteiger partial charge is 0.139 e. The molecule has 0 spiro atoms. The molecule has 51 heavy (non-hydrogen) atoms. The van der Waals surface area contributed by atoms with Crippen LogP contribution in [0, 0.1) is 13.8 Å². The van der Waals surface area contributed by atoms with Gasteiger partial charge in [0.15, 0.2) is 0 Å². The van der Waals surface area contributed by atoms with Crippen LogP contribution in [0.1, 0.15) is 163 Å². The number of rotatable bonds is 26. The minimum Gasteiger partial charge on any atom is -0.139 e. The van der Waals surface area contributed by atoms with Gasteiger partial charge in [-0.2, -0.15) is 0 Å². The van der Waals surface area contributed by atoms with Crippen LogP contribution in [0.5, 0.6) is 0 Å². The number of hydrogen-bond donors (Lipinski definition) is 0. The molecule has 5 aromatic rings. The van der Waals surface area contributed by atoms with E-state index in [0.717, 1.165) is 0 Å². The second-order valence-electron chi connectivity index (χ2n) is 14.8. The molecule has 5 heterocycles. The monoisotopic (exact) mass is 776 g/mol. The summed E-state index contributed by atoms with van der Waals surface area (Å²) in [5.74, 6) is 0. The second kappa shape index (κ2) is 22.7. The van der Waals surface area contributed by atoms with Crippen LogP contribution in [0.3, 0.4) is 0 Å². The van der Waals surface area contributed by atoms with E-state index in [1.54, 1.807) is 11.1 Å². The van der Waals surface area contributed by atoms with E-state index in [0.29, 0.717) is 0 Å². The first-order valence-corrected chi connectivity index (χ1v) is 24.6. The molecule has 0 nitrogen and oxygen atoms in total. The normalized spacial score (nSPS) is 11.7. The highest BCUT2D eigenvalue weighted by atomic mass is 32.1. The van der Waals surface area contributed by atoms with Crippen molar-refractivity contribution in [1.29, 1.82) is 0 Å². The van der Waals surface area contributed by atoms with Gasteiger partial charge in [0.25, 0.3) is 0 Å². The first kappa shape index (κ1) is 40.7. The van der Waals surface area contributed by atoms with Crippen molar-refractivity contribution in [3.63, 3.8) is 0 Å². The lowest BCUT2D eigenvalue weighted by Crippen LogP contribution is -1.86. The highest BCUT2D eigenvalue weighted by Gasteiger charge is 2.16. The van der Waals surface area contributed by atoms with Gasteiger partial charge in [0.1, 0.15) is 0 Å². The average Bonchev–Trinajstić information content (AvgIpc) is 3.97.